The molecule has 90 valence electrons. The third-order valence-electron chi connectivity index (χ3n) is 2.02. The van der Waals surface area contributed by atoms with Crippen LogP contribution in [0, 0.1) is 0 Å². The molecule has 1 N–H and O–H groups in total. The first kappa shape index (κ1) is 15.2. The van der Waals surface area contributed by atoms with Gasteiger partial charge in [0, 0.05) is 6.61 Å². The van der Waals surface area contributed by atoms with E-state index in [1.54, 1.807) is 0 Å². The van der Waals surface area contributed by atoms with Gasteiger partial charge < -0.3 is 9.84 Å². The van der Waals surface area contributed by atoms with Crippen LogP contribution in [0.1, 0.15) is 46.0 Å². The van der Waals surface area contributed by atoms with Gasteiger partial charge in [-0.15, -0.1) is 0 Å². The van der Waals surface area contributed by atoms with Crippen molar-refractivity contribution in [3.05, 3.63) is 0 Å². The van der Waals surface area contributed by atoms with Gasteiger partial charge >= 0.3 is 5.97 Å². The molecule has 0 spiro atoms. The molecule has 0 aliphatic rings. The maximum absolute atomic E-state index is 11.3. The molecule has 0 bridgehead atoms. The number of carbonyl (C=O) groups excluding carboxylic acids is 1. The number of aliphatic hydroxyl groups excluding tert-OH is 1. The van der Waals surface area contributed by atoms with Crippen molar-refractivity contribution in [1.29, 1.82) is 0 Å². The number of halogens is 1. The van der Waals surface area contributed by atoms with E-state index < -0.39 is 3.42 Å². The second-order valence-electron chi connectivity index (χ2n) is 4.10. The maximum atomic E-state index is 11.3. The minimum atomic E-state index is -0.422. The monoisotopic (exact) mass is 328 g/mol. The van der Waals surface area contributed by atoms with Crippen LogP contribution in [0.3, 0.4) is 0 Å². The first-order valence-corrected chi connectivity index (χ1v) is 6.53. The number of esters is 1. The van der Waals surface area contributed by atoms with Crippen molar-refractivity contribution in [3.8, 4) is 0 Å². The molecule has 0 atom stereocenters. The Kier molecular flexibility index (Phi) is 8.42. The van der Waals surface area contributed by atoms with Crippen molar-refractivity contribution in [2.45, 2.75) is 49.4 Å². The van der Waals surface area contributed by atoms with Crippen LogP contribution in [0.15, 0.2) is 0 Å². The molecule has 15 heavy (non-hydrogen) atoms. The molecule has 3 nitrogen and oxygen atoms in total. The Morgan fingerprint density at radius 3 is 2.27 bits per heavy atom. The van der Waals surface area contributed by atoms with Gasteiger partial charge in [-0.25, -0.2) is 0 Å². The molecular formula is C11H21IO3. The average Bonchev–Trinajstić information content (AvgIpc) is 2.14. The van der Waals surface area contributed by atoms with Crippen molar-refractivity contribution >= 4 is 28.6 Å². The van der Waals surface area contributed by atoms with Gasteiger partial charge in [-0.1, -0.05) is 41.9 Å². The third-order valence-corrected chi connectivity index (χ3v) is 2.46. The normalized spacial score (nSPS) is 11.5. The van der Waals surface area contributed by atoms with Crippen LogP contribution in [0.5, 0.6) is 0 Å². The standard InChI is InChI=1S/C11H21IO3/c1-11(2,12)10(14)15-9-7-5-3-4-6-8-13/h13H,3-9H2,1-2H3. The van der Waals surface area contributed by atoms with E-state index in [9.17, 15) is 4.79 Å². The van der Waals surface area contributed by atoms with Crippen LogP contribution in [0.4, 0.5) is 0 Å². The van der Waals surface area contributed by atoms with Gasteiger partial charge in [-0.05, 0) is 26.7 Å². The Balaban J connectivity index is 3.28. The van der Waals surface area contributed by atoms with Gasteiger partial charge in [-0.2, -0.15) is 0 Å². The lowest BCUT2D eigenvalue weighted by Gasteiger charge is -2.14. The molecule has 0 rings (SSSR count). The van der Waals surface area contributed by atoms with E-state index in [2.05, 4.69) is 22.6 Å². The quantitative estimate of drug-likeness (QED) is 0.323. The van der Waals surface area contributed by atoms with Crippen LogP contribution >= 0.6 is 22.6 Å². The van der Waals surface area contributed by atoms with Crippen molar-refractivity contribution in [2.24, 2.45) is 0 Å². The van der Waals surface area contributed by atoms with E-state index in [-0.39, 0.29) is 12.6 Å². The predicted molar refractivity (Wildman–Crippen MR) is 69.2 cm³/mol. The summed E-state index contributed by atoms with van der Waals surface area (Å²) >= 11 is 2.08. The highest BCUT2D eigenvalue weighted by Crippen LogP contribution is 2.18. The molecule has 0 fully saturated rings. The number of rotatable bonds is 8. The zero-order chi connectivity index (χ0) is 11.7. The summed E-state index contributed by atoms with van der Waals surface area (Å²) in [5.41, 5.74) is 0. The van der Waals surface area contributed by atoms with E-state index in [1.807, 2.05) is 13.8 Å². The van der Waals surface area contributed by atoms with Crippen molar-refractivity contribution < 1.29 is 14.6 Å². The number of hydrogen-bond acceptors (Lipinski definition) is 3. The summed E-state index contributed by atoms with van der Waals surface area (Å²) in [5, 5.41) is 8.56. The van der Waals surface area contributed by atoms with Gasteiger partial charge in [0.1, 0.15) is 3.42 Å². The Bertz CT molecular complexity index is 175. The predicted octanol–water partition coefficient (Wildman–Crippen LogP) is 2.69. The van der Waals surface area contributed by atoms with Crippen LogP contribution in [-0.2, 0) is 9.53 Å². The van der Waals surface area contributed by atoms with Gasteiger partial charge in [-0.3, -0.25) is 4.79 Å². The number of hydrogen-bond donors (Lipinski definition) is 1. The Labute approximate surface area is 106 Å². The van der Waals surface area contributed by atoms with E-state index in [4.69, 9.17) is 9.84 Å². The minimum Gasteiger partial charge on any atom is -0.465 e. The largest absolute Gasteiger partial charge is 0.465 e. The van der Waals surface area contributed by atoms with Gasteiger partial charge in [0.15, 0.2) is 0 Å². The van der Waals surface area contributed by atoms with E-state index >= 15 is 0 Å². The van der Waals surface area contributed by atoms with Gasteiger partial charge in [0.25, 0.3) is 0 Å². The van der Waals surface area contributed by atoms with E-state index in [1.165, 1.54) is 0 Å². The molecule has 0 aliphatic heterocycles. The lowest BCUT2D eigenvalue weighted by Crippen LogP contribution is -2.26. The third kappa shape index (κ3) is 9.11. The van der Waals surface area contributed by atoms with Crippen LogP contribution in [-0.4, -0.2) is 27.7 Å². The van der Waals surface area contributed by atoms with Crippen molar-refractivity contribution in [2.75, 3.05) is 13.2 Å². The molecule has 4 heteroatoms. The molecule has 0 aromatic rings. The van der Waals surface area contributed by atoms with E-state index in [0.717, 1.165) is 32.1 Å². The Hall–Kier alpha value is 0.160. The highest BCUT2D eigenvalue weighted by Gasteiger charge is 2.24. The summed E-state index contributed by atoms with van der Waals surface area (Å²) in [6.45, 7) is 4.48. The number of ether oxygens (including phenoxy) is 1. The lowest BCUT2D eigenvalue weighted by atomic mass is 10.1. The van der Waals surface area contributed by atoms with Crippen LogP contribution in [0.2, 0.25) is 0 Å². The SMILES string of the molecule is CC(C)(I)C(=O)OCCCCCCCO. The van der Waals surface area contributed by atoms with E-state index in [0.29, 0.717) is 6.61 Å². The number of unbranched alkanes of at least 4 members (excludes halogenated alkanes) is 4. The van der Waals surface area contributed by atoms with Gasteiger partial charge in [0.05, 0.1) is 6.61 Å². The number of carbonyl (C=O) groups is 1. The van der Waals surface area contributed by atoms with Crippen molar-refractivity contribution in [1.82, 2.24) is 0 Å². The Morgan fingerprint density at radius 2 is 1.73 bits per heavy atom. The molecule has 0 amide bonds. The first-order chi connectivity index (χ1) is 6.98. The molecule has 0 aromatic carbocycles. The summed E-state index contributed by atoms with van der Waals surface area (Å²) in [6, 6.07) is 0. The highest BCUT2D eigenvalue weighted by atomic mass is 127. The topological polar surface area (TPSA) is 46.5 Å². The van der Waals surface area contributed by atoms with Crippen molar-refractivity contribution in [3.63, 3.8) is 0 Å². The fourth-order valence-electron chi connectivity index (χ4n) is 1.08. The molecule has 0 heterocycles. The molecule has 0 unspecified atom stereocenters. The molecular weight excluding hydrogens is 307 g/mol. The summed E-state index contributed by atoms with van der Waals surface area (Å²) in [7, 11) is 0. The lowest BCUT2D eigenvalue weighted by molar-refractivity contribution is -0.145. The fraction of sp³-hybridized carbons (Fsp3) is 0.909. The summed E-state index contributed by atoms with van der Waals surface area (Å²) in [6.07, 6.45) is 5.02. The van der Waals surface area contributed by atoms with Gasteiger partial charge in [0.2, 0.25) is 0 Å². The molecule has 0 saturated heterocycles. The summed E-state index contributed by atoms with van der Waals surface area (Å²) in [5.74, 6) is -0.140. The Morgan fingerprint density at radius 1 is 1.20 bits per heavy atom. The van der Waals surface area contributed by atoms with Crippen LogP contribution < -0.4 is 0 Å². The maximum Gasteiger partial charge on any atom is 0.321 e. The molecule has 0 saturated carbocycles. The fourth-order valence-corrected chi connectivity index (χ4v) is 1.24. The number of alkyl halides is 1. The first-order valence-electron chi connectivity index (χ1n) is 5.45. The number of aliphatic hydroxyl groups is 1. The highest BCUT2D eigenvalue weighted by molar-refractivity contribution is 14.1. The summed E-state index contributed by atoms with van der Waals surface area (Å²) in [4.78, 5) is 11.3. The zero-order valence-electron chi connectivity index (χ0n) is 9.59. The van der Waals surface area contributed by atoms with Crippen LogP contribution in [0.25, 0.3) is 0 Å². The second-order valence-corrected chi connectivity index (χ2v) is 6.80. The summed E-state index contributed by atoms with van der Waals surface area (Å²) < 4.78 is 4.70. The zero-order valence-corrected chi connectivity index (χ0v) is 11.7. The minimum absolute atomic E-state index is 0.140. The second kappa shape index (κ2) is 8.33. The molecule has 0 aromatic heterocycles. The molecule has 0 radical (unpaired) electrons. The average molecular weight is 328 g/mol. The smallest absolute Gasteiger partial charge is 0.321 e. The molecule has 0 aliphatic carbocycles.